The fraction of sp³-hybridized carbons (Fsp3) is 0.500. The molecule has 1 N–H and O–H groups in total. The van der Waals surface area contributed by atoms with Crippen LogP contribution < -0.4 is 10.1 Å². The highest BCUT2D eigenvalue weighted by Gasteiger charge is 2.22. The number of aromatic nitrogens is 4. The van der Waals surface area contributed by atoms with Crippen LogP contribution in [0.25, 0.3) is 11.5 Å². The monoisotopic (exact) mass is 261 g/mol. The van der Waals surface area contributed by atoms with E-state index < -0.39 is 0 Å². The number of methoxy groups -OCH3 is 1. The number of nitrogens with zero attached hydrogens (tertiary/aromatic N) is 4. The summed E-state index contributed by atoms with van der Waals surface area (Å²) in [5, 5.41) is 15.2. The Kier molecular flexibility index (Phi) is 3.37. The van der Waals surface area contributed by atoms with Crippen molar-refractivity contribution in [1.82, 2.24) is 25.7 Å². The van der Waals surface area contributed by atoms with Crippen molar-refractivity contribution < 1.29 is 9.26 Å². The van der Waals surface area contributed by atoms with Crippen molar-refractivity contribution in [3.05, 3.63) is 18.0 Å². The van der Waals surface area contributed by atoms with E-state index in [9.17, 15) is 0 Å². The van der Waals surface area contributed by atoms with Crippen molar-refractivity contribution in [2.45, 2.75) is 18.8 Å². The maximum atomic E-state index is 5.33. The molecule has 2 aromatic rings. The fourth-order valence-corrected chi connectivity index (χ4v) is 2.12. The van der Waals surface area contributed by atoms with Gasteiger partial charge in [0.2, 0.25) is 17.6 Å². The largest absolute Gasteiger partial charge is 0.480 e. The van der Waals surface area contributed by atoms with Gasteiger partial charge in [-0.25, -0.2) is 0 Å². The predicted molar refractivity (Wildman–Crippen MR) is 66.7 cm³/mol. The third kappa shape index (κ3) is 2.55. The number of ether oxygens (including phenoxy) is 1. The van der Waals surface area contributed by atoms with E-state index in [1.54, 1.807) is 19.2 Å². The molecule has 0 atom stereocenters. The average Bonchev–Trinajstić information content (AvgIpc) is 2.98. The van der Waals surface area contributed by atoms with Gasteiger partial charge in [-0.3, -0.25) is 0 Å². The number of nitrogens with one attached hydrogen (secondary N) is 1. The molecule has 0 aromatic carbocycles. The molecule has 0 aliphatic carbocycles. The Hall–Kier alpha value is -2.02. The third-order valence-corrected chi connectivity index (χ3v) is 3.21. The Morgan fingerprint density at radius 3 is 2.79 bits per heavy atom. The number of piperidine rings is 1. The van der Waals surface area contributed by atoms with Gasteiger partial charge in [0.15, 0.2) is 0 Å². The van der Waals surface area contributed by atoms with Crippen LogP contribution in [0.5, 0.6) is 5.88 Å². The first-order valence-electron chi connectivity index (χ1n) is 6.29. The molecule has 7 nitrogen and oxygen atoms in total. The maximum Gasteiger partial charge on any atom is 0.233 e. The summed E-state index contributed by atoms with van der Waals surface area (Å²) in [4.78, 5) is 4.41. The molecule has 0 radical (unpaired) electrons. The molecule has 100 valence electrons. The van der Waals surface area contributed by atoms with Crippen molar-refractivity contribution in [3.63, 3.8) is 0 Å². The van der Waals surface area contributed by atoms with Gasteiger partial charge in [-0.15, -0.1) is 10.2 Å². The molecule has 1 aliphatic heterocycles. The summed E-state index contributed by atoms with van der Waals surface area (Å²) in [6.07, 6.45) is 2.05. The Balaban J connectivity index is 1.79. The summed E-state index contributed by atoms with van der Waals surface area (Å²) in [5.74, 6) is 1.97. The molecule has 1 saturated heterocycles. The molecule has 0 saturated carbocycles. The lowest BCUT2D eigenvalue weighted by atomic mass is 9.98. The molecule has 7 heteroatoms. The lowest BCUT2D eigenvalue weighted by Crippen LogP contribution is -2.26. The van der Waals surface area contributed by atoms with E-state index >= 15 is 0 Å². The smallest absolute Gasteiger partial charge is 0.233 e. The molecule has 0 amide bonds. The van der Waals surface area contributed by atoms with Crippen LogP contribution in [0, 0.1) is 0 Å². The molecule has 19 heavy (non-hydrogen) atoms. The second kappa shape index (κ2) is 5.31. The Bertz CT molecular complexity index is 533. The van der Waals surface area contributed by atoms with E-state index in [0.717, 1.165) is 25.9 Å². The molecule has 1 fully saturated rings. The second-order valence-corrected chi connectivity index (χ2v) is 4.44. The summed E-state index contributed by atoms with van der Waals surface area (Å²) in [6.45, 7) is 1.98. The highest BCUT2D eigenvalue weighted by atomic mass is 16.5. The van der Waals surface area contributed by atoms with Crippen molar-refractivity contribution in [3.8, 4) is 17.4 Å². The Morgan fingerprint density at radius 1 is 1.26 bits per heavy atom. The molecule has 3 heterocycles. The van der Waals surface area contributed by atoms with Gasteiger partial charge >= 0.3 is 0 Å². The van der Waals surface area contributed by atoms with Crippen LogP contribution in [0.4, 0.5) is 0 Å². The first kappa shape index (κ1) is 12.0. The third-order valence-electron chi connectivity index (χ3n) is 3.21. The van der Waals surface area contributed by atoms with Crippen molar-refractivity contribution in [1.29, 1.82) is 0 Å². The topological polar surface area (TPSA) is 86.0 Å². The van der Waals surface area contributed by atoms with E-state index in [4.69, 9.17) is 9.26 Å². The van der Waals surface area contributed by atoms with Gasteiger partial charge < -0.3 is 14.6 Å². The molecule has 0 bridgehead atoms. The van der Waals surface area contributed by atoms with Crippen LogP contribution in [0.3, 0.4) is 0 Å². The zero-order valence-corrected chi connectivity index (χ0v) is 10.7. The van der Waals surface area contributed by atoms with Gasteiger partial charge in [0.1, 0.15) is 5.69 Å². The minimum Gasteiger partial charge on any atom is -0.480 e. The van der Waals surface area contributed by atoms with Gasteiger partial charge in [-0.1, -0.05) is 5.16 Å². The van der Waals surface area contributed by atoms with Crippen LogP contribution in [-0.2, 0) is 0 Å². The molecule has 0 spiro atoms. The average molecular weight is 261 g/mol. The Labute approximate surface area is 110 Å². The van der Waals surface area contributed by atoms with E-state index in [2.05, 4.69) is 25.7 Å². The zero-order chi connectivity index (χ0) is 13.1. The minimum atomic E-state index is 0.341. The van der Waals surface area contributed by atoms with Crippen molar-refractivity contribution in [2.24, 2.45) is 0 Å². The standard InChI is InChI=1S/C12H15N5O2/c1-18-10-3-2-9(15-16-10)11-14-12(19-17-11)8-4-6-13-7-5-8/h2-3,8,13H,4-7H2,1H3. The molecular weight excluding hydrogens is 246 g/mol. The number of hydrogen-bond donors (Lipinski definition) is 1. The quantitative estimate of drug-likeness (QED) is 0.882. The lowest BCUT2D eigenvalue weighted by molar-refractivity contribution is 0.320. The van der Waals surface area contributed by atoms with E-state index in [1.165, 1.54) is 0 Å². The molecule has 1 aliphatic rings. The van der Waals surface area contributed by atoms with Crippen molar-refractivity contribution in [2.75, 3.05) is 20.2 Å². The van der Waals surface area contributed by atoms with Crippen LogP contribution in [0.2, 0.25) is 0 Å². The van der Waals surface area contributed by atoms with E-state index in [0.29, 0.717) is 29.2 Å². The van der Waals surface area contributed by atoms with Gasteiger partial charge in [-0.05, 0) is 32.0 Å². The predicted octanol–water partition coefficient (Wildman–Crippen LogP) is 1.00. The highest BCUT2D eigenvalue weighted by Crippen LogP contribution is 2.25. The molecular formula is C12H15N5O2. The van der Waals surface area contributed by atoms with Gasteiger partial charge in [0, 0.05) is 12.0 Å². The fourth-order valence-electron chi connectivity index (χ4n) is 2.12. The SMILES string of the molecule is COc1ccc(-c2noc(C3CCNCC3)n2)nn1. The summed E-state index contributed by atoms with van der Waals surface area (Å²) in [7, 11) is 1.55. The van der Waals surface area contributed by atoms with Crippen LogP contribution in [-0.4, -0.2) is 40.5 Å². The second-order valence-electron chi connectivity index (χ2n) is 4.44. The molecule has 0 unspecified atom stereocenters. The van der Waals surface area contributed by atoms with Gasteiger partial charge in [0.25, 0.3) is 0 Å². The first-order valence-corrected chi connectivity index (χ1v) is 6.29. The van der Waals surface area contributed by atoms with E-state index in [1.807, 2.05) is 0 Å². The first-order chi connectivity index (χ1) is 9.36. The minimum absolute atomic E-state index is 0.341. The van der Waals surface area contributed by atoms with Gasteiger partial charge in [0.05, 0.1) is 7.11 Å². The van der Waals surface area contributed by atoms with Crippen LogP contribution in [0.15, 0.2) is 16.7 Å². The summed E-state index contributed by atoms with van der Waals surface area (Å²) >= 11 is 0. The normalized spacial score (nSPS) is 16.5. The Morgan fingerprint density at radius 2 is 2.11 bits per heavy atom. The summed E-state index contributed by atoms with van der Waals surface area (Å²) < 4.78 is 10.3. The molecule has 3 rings (SSSR count). The van der Waals surface area contributed by atoms with E-state index in [-0.39, 0.29) is 0 Å². The van der Waals surface area contributed by atoms with Crippen LogP contribution in [0.1, 0.15) is 24.7 Å². The number of rotatable bonds is 3. The zero-order valence-electron chi connectivity index (χ0n) is 10.7. The summed E-state index contributed by atoms with van der Waals surface area (Å²) in [6, 6.07) is 3.49. The highest BCUT2D eigenvalue weighted by molar-refractivity contribution is 5.47. The summed E-state index contributed by atoms with van der Waals surface area (Å²) in [5.41, 5.74) is 0.588. The number of hydrogen-bond acceptors (Lipinski definition) is 7. The van der Waals surface area contributed by atoms with Crippen LogP contribution >= 0.6 is 0 Å². The van der Waals surface area contributed by atoms with Gasteiger partial charge in [-0.2, -0.15) is 4.98 Å². The van der Waals surface area contributed by atoms with Crippen molar-refractivity contribution >= 4 is 0 Å². The maximum absolute atomic E-state index is 5.33. The molecule has 2 aromatic heterocycles. The lowest BCUT2D eigenvalue weighted by Gasteiger charge is -2.18.